The summed E-state index contributed by atoms with van der Waals surface area (Å²) in [5, 5.41) is 2.37. The highest BCUT2D eigenvalue weighted by Crippen LogP contribution is 2.67. The maximum atomic E-state index is 13.6. The van der Waals surface area contributed by atoms with Gasteiger partial charge in [-0.15, -0.1) is 11.8 Å². The second kappa shape index (κ2) is 13.1. The van der Waals surface area contributed by atoms with Crippen molar-refractivity contribution in [3.8, 4) is 22.4 Å². The average molecular weight is 750 g/mol. The second-order valence-corrected chi connectivity index (χ2v) is 18.8. The molecule has 3 aliphatic rings. The molecular formula is C41H46ClN6O2SSi. The van der Waals surface area contributed by atoms with E-state index < -0.39 is 5.04 Å². The lowest BCUT2D eigenvalue weighted by molar-refractivity contribution is -0.137. The standard InChI is InChI=1S/C41H46ClN6O2SSi/c1-22(2)24(5)36(49)47-15-7-9-34(47)35-43-21-33(44-35)28-13-11-25-17-27(12-10-26(25)18-28)29-19-31-32(20-30(29)42)46-37(45-31)41-14-8-16-48(39(41)51-41)38(50)40(6,52)23(3)4/h10-13,17-24,34,39H,7-9,14-16H2,1-6H3,(H,43,44)(H,45,46). The van der Waals surface area contributed by atoms with Crippen molar-refractivity contribution in [2.24, 2.45) is 17.8 Å². The lowest BCUT2D eigenvalue weighted by Gasteiger charge is -2.37. The van der Waals surface area contributed by atoms with E-state index in [4.69, 9.17) is 21.6 Å². The van der Waals surface area contributed by atoms with E-state index in [1.54, 1.807) is 0 Å². The van der Waals surface area contributed by atoms with Crippen molar-refractivity contribution in [2.45, 2.75) is 88.4 Å². The van der Waals surface area contributed by atoms with Crippen LogP contribution in [0.5, 0.6) is 0 Å². The number of rotatable bonds is 8. The third-order valence-electron chi connectivity index (χ3n) is 12.0. The monoisotopic (exact) mass is 749 g/mol. The highest BCUT2D eigenvalue weighted by atomic mass is 35.5. The van der Waals surface area contributed by atoms with Crippen molar-refractivity contribution in [2.75, 3.05) is 13.1 Å². The number of benzene rings is 3. The Hall–Kier alpha value is -3.60. The highest BCUT2D eigenvalue weighted by Gasteiger charge is 2.65. The number of piperidine rings is 1. The number of imidazole rings is 2. The van der Waals surface area contributed by atoms with Crippen LogP contribution in [0.2, 0.25) is 10.1 Å². The van der Waals surface area contributed by atoms with E-state index in [1.165, 1.54) is 0 Å². The quantitative estimate of drug-likeness (QED) is 0.122. The predicted molar refractivity (Wildman–Crippen MR) is 212 cm³/mol. The van der Waals surface area contributed by atoms with Crippen LogP contribution in [-0.4, -0.2) is 70.3 Å². The number of carbonyl (C=O) groups excluding carboxylic acids is 2. The van der Waals surface area contributed by atoms with E-state index in [9.17, 15) is 9.59 Å². The normalized spacial score (nSPS) is 23.4. The summed E-state index contributed by atoms with van der Waals surface area (Å²) in [6, 6.07) is 16.9. The molecule has 8 nitrogen and oxygen atoms in total. The molecule has 5 aromatic rings. The Bertz CT molecular complexity index is 2210. The molecule has 269 valence electrons. The summed E-state index contributed by atoms with van der Waals surface area (Å²) in [5.74, 6) is 2.62. The molecule has 5 heterocycles. The molecule has 5 atom stereocenters. The number of fused-ring (bicyclic) bond motifs is 3. The smallest absolute Gasteiger partial charge is 0.226 e. The number of nitrogens with zero attached hydrogens (tertiary/aromatic N) is 4. The summed E-state index contributed by atoms with van der Waals surface area (Å²) in [6.07, 6.45) is 5.73. The third-order valence-corrected chi connectivity index (χ3v) is 14.8. The summed E-state index contributed by atoms with van der Waals surface area (Å²) >= 11 is 8.78. The molecule has 5 unspecified atom stereocenters. The molecule has 0 saturated carbocycles. The fraction of sp³-hybridized carbons (Fsp3) is 0.463. The molecule has 3 radical (unpaired) electrons. The van der Waals surface area contributed by atoms with Crippen LogP contribution in [0.1, 0.15) is 84.9 Å². The second-order valence-electron chi connectivity index (χ2n) is 15.9. The van der Waals surface area contributed by atoms with Gasteiger partial charge < -0.3 is 19.8 Å². The van der Waals surface area contributed by atoms with E-state index in [0.717, 1.165) is 94.6 Å². The lowest BCUT2D eigenvalue weighted by Crippen LogP contribution is -2.47. The predicted octanol–water partition coefficient (Wildman–Crippen LogP) is 9.28. The highest BCUT2D eigenvalue weighted by molar-refractivity contribution is 8.08. The summed E-state index contributed by atoms with van der Waals surface area (Å²) < 4.78 is -0.213. The summed E-state index contributed by atoms with van der Waals surface area (Å²) in [5.41, 5.74) is 5.74. The van der Waals surface area contributed by atoms with E-state index in [-0.39, 0.29) is 39.8 Å². The molecule has 3 fully saturated rings. The Morgan fingerprint density at radius 1 is 0.981 bits per heavy atom. The van der Waals surface area contributed by atoms with E-state index in [1.807, 2.05) is 42.8 Å². The van der Waals surface area contributed by atoms with Crippen molar-refractivity contribution in [3.63, 3.8) is 0 Å². The number of halogens is 1. The Balaban J connectivity index is 1.03. The molecule has 3 aromatic carbocycles. The summed E-state index contributed by atoms with van der Waals surface area (Å²) in [6.45, 7) is 13.9. The molecule has 0 aliphatic carbocycles. The Morgan fingerprint density at radius 3 is 2.42 bits per heavy atom. The SMILES string of the molecule is CC(C)C(C)C(=O)N1CCCC1c1ncc(-c2ccc3cc(-c4cc5nc(C67CCCN(C(=O)C(C)([Si])C(C)C)C6S7)[nH]c5cc4Cl)ccc3c2)[nH]1. The van der Waals surface area contributed by atoms with Crippen LogP contribution in [0.25, 0.3) is 44.2 Å². The maximum Gasteiger partial charge on any atom is 0.226 e. The van der Waals surface area contributed by atoms with Gasteiger partial charge in [-0.2, -0.15) is 0 Å². The first kappa shape index (κ1) is 35.4. The molecule has 2 aromatic heterocycles. The van der Waals surface area contributed by atoms with Crippen LogP contribution in [0, 0.1) is 17.8 Å². The zero-order valence-electron chi connectivity index (χ0n) is 30.7. The van der Waals surface area contributed by atoms with Crippen molar-refractivity contribution in [1.29, 1.82) is 0 Å². The van der Waals surface area contributed by atoms with Gasteiger partial charge in [-0.25, -0.2) is 9.97 Å². The van der Waals surface area contributed by atoms with Crippen LogP contribution < -0.4 is 0 Å². The first-order chi connectivity index (χ1) is 24.8. The Labute approximate surface area is 318 Å². The number of hydrogen-bond donors (Lipinski definition) is 2. The van der Waals surface area contributed by atoms with Gasteiger partial charge in [-0.1, -0.05) is 77.4 Å². The molecular weight excluding hydrogens is 704 g/mol. The number of aromatic amines is 2. The van der Waals surface area contributed by atoms with E-state index in [2.05, 4.69) is 95.3 Å². The van der Waals surface area contributed by atoms with E-state index >= 15 is 0 Å². The van der Waals surface area contributed by atoms with Crippen LogP contribution in [0.15, 0.2) is 54.7 Å². The van der Waals surface area contributed by atoms with Gasteiger partial charge in [0.25, 0.3) is 0 Å². The first-order valence-electron chi connectivity index (χ1n) is 18.6. The molecule has 0 spiro atoms. The molecule has 3 saturated heterocycles. The Kier molecular flexibility index (Phi) is 8.90. The van der Waals surface area contributed by atoms with Crippen LogP contribution in [0.3, 0.4) is 0 Å². The summed E-state index contributed by atoms with van der Waals surface area (Å²) in [4.78, 5) is 47.9. The largest absolute Gasteiger partial charge is 0.341 e. The van der Waals surface area contributed by atoms with Gasteiger partial charge in [0.15, 0.2) is 0 Å². The minimum atomic E-state index is -0.599. The van der Waals surface area contributed by atoms with Crippen molar-refractivity contribution in [3.05, 3.63) is 71.4 Å². The van der Waals surface area contributed by atoms with Crippen molar-refractivity contribution in [1.82, 2.24) is 29.7 Å². The number of nitrogens with one attached hydrogen (secondary N) is 2. The number of H-pyrrole nitrogens is 2. The van der Waals surface area contributed by atoms with Crippen LogP contribution in [-0.2, 0) is 14.3 Å². The third kappa shape index (κ3) is 5.89. The van der Waals surface area contributed by atoms with Gasteiger partial charge in [0, 0.05) is 45.4 Å². The van der Waals surface area contributed by atoms with Crippen LogP contribution in [0.4, 0.5) is 0 Å². The first-order valence-corrected chi connectivity index (χ1v) is 20.4. The number of carbonyl (C=O) groups is 2. The summed E-state index contributed by atoms with van der Waals surface area (Å²) in [7, 11) is 3.80. The van der Waals surface area contributed by atoms with Gasteiger partial charge in [0.2, 0.25) is 11.8 Å². The average Bonchev–Trinajstić information content (AvgIpc) is 3.49. The van der Waals surface area contributed by atoms with Gasteiger partial charge >= 0.3 is 0 Å². The number of thioether (sulfide) groups is 1. The molecule has 3 aliphatic heterocycles. The molecule has 8 rings (SSSR count). The fourth-order valence-electron chi connectivity index (χ4n) is 7.88. The molecule has 52 heavy (non-hydrogen) atoms. The lowest BCUT2D eigenvalue weighted by atomic mass is 9.91. The number of likely N-dealkylation sites (tertiary alicyclic amines) is 2. The van der Waals surface area contributed by atoms with E-state index in [0.29, 0.717) is 10.9 Å². The van der Waals surface area contributed by atoms with Crippen molar-refractivity contribution >= 4 is 67.2 Å². The minimum absolute atomic E-state index is 0.00904. The minimum Gasteiger partial charge on any atom is -0.341 e. The number of amides is 2. The van der Waals surface area contributed by atoms with Gasteiger partial charge in [0.05, 0.1) is 34.0 Å². The van der Waals surface area contributed by atoms with Crippen molar-refractivity contribution < 1.29 is 9.59 Å². The van der Waals surface area contributed by atoms with Gasteiger partial charge in [-0.05, 0) is 78.1 Å². The topological polar surface area (TPSA) is 98.0 Å². The molecule has 11 heteroatoms. The van der Waals surface area contributed by atoms with Gasteiger partial charge in [0.1, 0.15) is 21.8 Å². The number of hydrogen-bond acceptors (Lipinski definition) is 5. The van der Waals surface area contributed by atoms with Crippen LogP contribution >= 0.6 is 23.4 Å². The number of aromatic nitrogens is 4. The molecule has 0 bridgehead atoms. The zero-order valence-corrected chi connectivity index (χ0v) is 33.3. The Morgan fingerprint density at radius 2 is 1.69 bits per heavy atom. The fourth-order valence-corrected chi connectivity index (χ4v) is 9.79. The maximum absolute atomic E-state index is 13.6. The molecule has 2 amide bonds. The molecule has 2 N–H and O–H groups in total. The zero-order chi connectivity index (χ0) is 36.7. The van der Waals surface area contributed by atoms with Gasteiger partial charge in [-0.3, -0.25) is 9.59 Å².